The lowest BCUT2D eigenvalue weighted by Crippen LogP contribution is -2.46. The van der Waals surface area contributed by atoms with Crippen molar-refractivity contribution in [1.82, 2.24) is 15.2 Å². The van der Waals surface area contributed by atoms with Crippen LogP contribution in [-0.4, -0.2) is 47.6 Å². The van der Waals surface area contributed by atoms with E-state index >= 15 is 0 Å². The Morgan fingerprint density at radius 1 is 1.27 bits per heavy atom. The second-order valence-corrected chi connectivity index (χ2v) is 9.72. The van der Waals surface area contributed by atoms with E-state index in [0.29, 0.717) is 44.5 Å². The van der Waals surface area contributed by atoms with Gasteiger partial charge in [0.1, 0.15) is 9.71 Å². The van der Waals surface area contributed by atoms with Crippen LogP contribution in [0.4, 0.5) is 23.7 Å². The molecule has 2 aliphatic rings. The maximum absolute atomic E-state index is 14.1. The molecule has 3 N–H and O–H groups in total. The minimum Gasteiger partial charge on any atom is -0.450 e. The second-order valence-electron chi connectivity index (χ2n) is 8.72. The van der Waals surface area contributed by atoms with Gasteiger partial charge in [-0.15, -0.1) is 11.3 Å². The van der Waals surface area contributed by atoms with Crippen molar-refractivity contribution in [3.05, 3.63) is 21.7 Å². The van der Waals surface area contributed by atoms with Gasteiger partial charge in [0.2, 0.25) is 0 Å². The van der Waals surface area contributed by atoms with Crippen molar-refractivity contribution in [2.24, 2.45) is 5.92 Å². The first kappa shape index (κ1) is 23.6. The van der Waals surface area contributed by atoms with Gasteiger partial charge in [-0.25, -0.2) is 9.78 Å². The number of carbonyl (C=O) groups is 2. The standard InChI is InChI=1S/C22H27F3N4O3S/c1-3-32-21(31)29-8-6-12(7-9-29)27-19(30)18-17(26)15-16(22(23,24)25)13-10-11(2)4-5-14(13)28-20(15)33-18/h11-12H,3-10,26H2,1-2H3,(H,27,30)/t11-/m0/s1. The molecule has 11 heteroatoms. The summed E-state index contributed by atoms with van der Waals surface area (Å²) in [6, 6.07) is -0.211. The average molecular weight is 485 g/mol. The summed E-state index contributed by atoms with van der Waals surface area (Å²) < 4.78 is 47.4. The Morgan fingerprint density at radius 2 is 1.97 bits per heavy atom. The zero-order valence-electron chi connectivity index (χ0n) is 18.6. The van der Waals surface area contributed by atoms with Crippen LogP contribution in [0.3, 0.4) is 0 Å². The van der Waals surface area contributed by atoms with Gasteiger partial charge in [0.05, 0.1) is 17.9 Å². The second kappa shape index (κ2) is 9.00. The normalized spacial score (nSPS) is 19.4. The summed E-state index contributed by atoms with van der Waals surface area (Å²) in [5, 5.41) is 2.70. The molecule has 33 heavy (non-hydrogen) atoms. The third kappa shape index (κ3) is 4.60. The van der Waals surface area contributed by atoms with Crippen LogP contribution in [0.5, 0.6) is 0 Å². The number of halogens is 3. The Kier molecular flexibility index (Phi) is 6.43. The molecule has 1 aliphatic heterocycles. The summed E-state index contributed by atoms with van der Waals surface area (Å²) in [7, 11) is 0. The van der Waals surface area contributed by atoms with Crippen LogP contribution >= 0.6 is 11.3 Å². The van der Waals surface area contributed by atoms with Gasteiger partial charge in [-0.05, 0) is 50.5 Å². The number of alkyl halides is 3. The highest BCUT2D eigenvalue weighted by Gasteiger charge is 2.40. The van der Waals surface area contributed by atoms with Gasteiger partial charge in [0, 0.05) is 30.2 Å². The fourth-order valence-electron chi connectivity index (χ4n) is 4.65. The molecule has 3 heterocycles. The van der Waals surface area contributed by atoms with Crippen molar-refractivity contribution >= 4 is 39.2 Å². The number of nitrogens with zero attached hydrogens (tertiary/aromatic N) is 2. The van der Waals surface area contributed by atoms with Crippen molar-refractivity contribution in [2.75, 3.05) is 25.4 Å². The number of hydrogen-bond acceptors (Lipinski definition) is 6. The molecule has 1 saturated heterocycles. The number of rotatable bonds is 3. The predicted molar refractivity (Wildman–Crippen MR) is 119 cm³/mol. The number of carbonyl (C=O) groups excluding carboxylic acids is 2. The van der Waals surface area contributed by atoms with E-state index in [9.17, 15) is 22.8 Å². The zero-order valence-corrected chi connectivity index (χ0v) is 19.4. The molecule has 7 nitrogen and oxygen atoms in total. The fourth-order valence-corrected chi connectivity index (χ4v) is 5.68. The number of nitrogen functional groups attached to an aromatic ring is 1. The first-order valence-corrected chi connectivity index (χ1v) is 11.9. The number of piperidine rings is 1. The van der Waals surface area contributed by atoms with Crippen LogP contribution in [0.2, 0.25) is 0 Å². The molecule has 4 rings (SSSR count). The molecule has 0 saturated carbocycles. The molecule has 1 fully saturated rings. The van der Waals surface area contributed by atoms with Gasteiger partial charge in [-0.3, -0.25) is 4.79 Å². The highest BCUT2D eigenvalue weighted by molar-refractivity contribution is 7.21. The first-order valence-electron chi connectivity index (χ1n) is 11.1. The molecule has 2 amide bonds. The third-order valence-corrected chi connectivity index (χ3v) is 7.43. The van der Waals surface area contributed by atoms with E-state index < -0.39 is 17.6 Å². The number of fused-ring (bicyclic) bond motifs is 2. The topological polar surface area (TPSA) is 97.5 Å². The number of thiophene rings is 1. The number of aromatic nitrogens is 1. The number of aryl methyl sites for hydroxylation is 1. The maximum Gasteiger partial charge on any atom is 0.417 e. The number of amides is 2. The quantitative estimate of drug-likeness (QED) is 0.674. The third-order valence-electron chi connectivity index (χ3n) is 6.34. The van der Waals surface area contributed by atoms with E-state index in [-0.39, 0.29) is 51.0 Å². The molecule has 1 aliphatic carbocycles. The summed E-state index contributed by atoms with van der Waals surface area (Å²) in [5.41, 5.74) is 5.89. The van der Waals surface area contributed by atoms with E-state index in [1.807, 2.05) is 6.92 Å². The lowest BCUT2D eigenvalue weighted by molar-refractivity contribution is -0.137. The monoisotopic (exact) mass is 484 g/mol. The van der Waals surface area contributed by atoms with E-state index in [0.717, 1.165) is 17.8 Å². The Labute approximate surface area is 193 Å². The maximum atomic E-state index is 14.1. The van der Waals surface area contributed by atoms with E-state index in [4.69, 9.17) is 10.5 Å². The van der Waals surface area contributed by atoms with Crippen molar-refractivity contribution in [3.8, 4) is 0 Å². The Balaban J connectivity index is 1.60. The number of anilines is 1. The molecule has 0 spiro atoms. The number of nitrogens with one attached hydrogen (secondary N) is 1. The molecule has 2 aromatic rings. The minimum absolute atomic E-state index is 0.0474. The molecule has 2 aromatic heterocycles. The van der Waals surface area contributed by atoms with Gasteiger partial charge in [-0.1, -0.05) is 6.92 Å². The molecule has 0 unspecified atom stereocenters. The number of pyridine rings is 1. The molecule has 180 valence electrons. The van der Waals surface area contributed by atoms with Gasteiger partial charge in [0.15, 0.2) is 0 Å². The largest absolute Gasteiger partial charge is 0.450 e. The van der Waals surface area contributed by atoms with Gasteiger partial charge >= 0.3 is 12.3 Å². The lowest BCUT2D eigenvalue weighted by Gasteiger charge is -2.31. The van der Waals surface area contributed by atoms with Crippen molar-refractivity contribution in [3.63, 3.8) is 0 Å². The van der Waals surface area contributed by atoms with Crippen LogP contribution < -0.4 is 11.1 Å². The summed E-state index contributed by atoms with van der Waals surface area (Å²) >= 11 is 0.904. The minimum atomic E-state index is -4.59. The smallest absolute Gasteiger partial charge is 0.417 e. The lowest BCUT2D eigenvalue weighted by atomic mass is 9.84. The van der Waals surface area contributed by atoms with E-state index in [2.05, 4.69) is 10.3 Å². The summed E-state index contributed by atoms with van der Waals surface area (Å²) in [6.07, 6.45) is -2.38. The average Bonchev–Trinajstić information content (AvgIpc) is 3.08. The SMILES string of the molecule is CCOC(=O)N1CCC(NC(=O)c2sc3nc4c(c(C(F)(F)F)c3c2N)C[C@@H](C)CC4)CC1. The number of likely N-dealkylation sites (tertiary alicyclic amines) is 1. The van der Waals surface area contributed by atoms with Crippen LogP contribution in [0.1, 0.15) is 59.6 Å². The van der Waals surface area contributed by atoms with Gasteiger partial charge in [-0.2, -0.15) is 13.2 Å². The Morgan fingerprint density at radius 3 is 2.61 bits per heavy atom. The van der Waals surface area contributed by atoms with Gasteiger partial charge < -0.3 is 20.7 Å². The molecule has 0 aromatic carbocycles. The summed E-state index contributed by atoms with van der Waals surface area (Å²) in [5.74, 6) is -0.384. The van der Waals surface area contributed by atoms with Crippen LogP contribution in [-0.2, 0) is 23.8 Å². The van der Waals surface area contributed by atoms with Crippen molar-refractivity contribution < 1.29 is 27.5 Å². The Bertz CT molecular complexity index is 1080. The molecule has 1 atom stereocenters. The summed E-state index contributed by atoms with van der Waals surface area (Å²) in [4.78, 5) is 31.1. The van der Waals surface area contributed by atoms with Gasteiger partial charge in [0.25, 0.3) is 5.91 Å². The fraction of sp³-hybridized carbons (Fsp3) is 0.591. The van der Waals surface area contributed by atoms with E-state index in [1.165, 1.54) is 0 Å². The molecule has 0 radical (unpaired) electrons. The van der Waals surface area contributed by atoms with E-state index in [1.54, 1.807) is 11.8 Å². The van der Waals surface area contributed by atoms with Crippen molar-refractivity contribution in [2.45, 2.75) is 58.2 Å². The summed E-state index contributed by atoms with van der Waals surface area (Å²) in [6.45, 7) is 4.80. The molecule has 0 bridgehead atoms. The highest BCUT2D eigenvalue weighted by Crippen LogP contribution is 2.46. The van der Waals surface area contributed by atoms with Crippen molar-refractivity contribution in [1.29, 1.82) is 0 Å². The molecular weight excluding hydrogens is 457 g/mol. The zero-order chi connectivity index (χ0) is 23.9. The number of nitrogens with two attached hydrogens (primary N) is 1. The Hall–Kier alpha value is -2.56. The van der Waals surface area contributed by atoms with Crippen LogP contribution in [0.15, 0.2) is 0 Å². The van der Waals surface area contributed by atoms with Crippen LogP contribution in [0.25, 0.3) is 10.2 Å². The first-order chi connectivity index (χ1) is 15.6. The predicted octanol–water partition coefficient (Wildman–Crippen LogP) is 4.37. The molecular formula is C22H27F3N4O3S. The van der Waals surface area contributed by atoms with Crippen LogP contribution in [0, 0.1) is 5.92 Å². The number of hydrogen-bond donors (Lipinski definition) is 2. The highest BCUT2D eigenvalue weighted by atomic mass is 32.1. The number of ether oxygens (including phenoxy) is 1.